The second-order valence-electron chi connectivity index (χ2n) is 6.63. The second-order valence-corrected chi connectivity index (χ2v) is 10.5. The third-order valence-electron chi connectivity index (χ3n) is 5.14. The van der Waals surface area contributed by atoms with E-state index in [9.17, 15) is 0 Å². The molecule has 4 rings (SSSR count). The van der Waals surface area contributed by atoms with Gasteiger partial charge in [-0.2, -0.15) is 0 Å². The minimum absolute atomic E-state index is 0. The Balaban J connectivity index is 0.00000210. The second kappa shape index (κ2) is 8.52. The monoisotopic (exact) mass is 394 g/mol. The molecule has 0 spiro atoms. The third kappa shape index (κ3) is 3.69. The van der Waals surface area contributed by atoms with E-state index in [0.717, 1.165) is 12.0 Å². The molecule has 138 valence electrons. The van der Waals surface area contributed by atoms with Gasteiger partial charge in [0, 0.05) is 0 Å². The summed E-state index contributed by atoms with van der Waals surface area (Å²) in [5, 5.41) is 4.25. The van der Waals surface area contributed by atoms with Crippen LogP contribution in [0.15, 0.2) is 103 Å². The minimum atomic E-state index is -2.24. The first-order valence-electron chi connectivity index (χ1n) is 8.93. The van der Waals surface area contributed by atoms with Crippen molar-refractivity contribution in [2.24, 2.45) is 7.05 Å². The van der Waals surface area contributed by atoms with Crippen LogP contribution >= 0.6 is 19.7 Å². The van der Waals surface area contributed by atoms with Gasteiger partial charge < -0.3 is 0 Å². The summed E-state index contributed by atoms with van der Waals surface area (Å²) in [4.78, 5) is 4.67. The summed E-state index contributed by atoms with van der Waals surface area (Å²) in [6.45, 7) is 0. The Morgan fingerprint density at radius 3 is 1.44 bits per heavy atom. The van der Waals surface area contributed by atoms with E-state index in [2.05, 4.69) is 108 Å². The predicted octanol–water partition coefficient (Wildman–Crippen LogP) is 4.07. The van der Waals surface area contributed by atoms with E-state index in [0.29, 0.717) is 0 Å². The predicted molar refractivity (Wildman–Crippen MR) is 121 cm³/mol. The van der Waals surface area contributed by atoms with E-state index in [1.807, 2.05) is 12.4 Å². The number of hydrogen-bond donors (Lipinski definition) is 0. The van der Waals surface area contributed by atoms with Crippen molar-refractivity contribution < 1.29 is 0 Å². The molecule has 0 radical (unpaired) electrons. The molecule has 1 aromatic heterocycles. The zero-order valence-corrected chi connectivity index (χ0v) is 17.1. The normalized spacial score (nSPS) is 11.6. The van der Waals surface area contributed by atoms with Crippen molar-refractivity contribution in [3.05, 3.63) is 109 Å². The number of rotatable bonds is 5. The number of benzene rings is 3. The van der Waals surface area contributed by atoms with E-state index >= 15 is 0 Å². The molecular formula is C23H24ClN2P. The first-order chi connectivity index (χ1) is 12.8. The summed E-state index contributed by atoms with van der Waals surface area (Å²) in [5.74, 6) is 1.13. The van der Waals surface area contributed by atoms with Crippen LogP contribution in [0.25, 0.3) is 0 Å². The molecule has 0 saturated heterocycles. The van der Waals surface area contributed by atoms with Crippen molar-refractivity contribution >= 4 is 35.6 Å². The molecule has 0 aliphatic carbocycles. The van der Waals surface area contributed by atoms with Crippen LogP contribution in [-0.2, 0) is 13.2 Å². The first-order valence-corrected chi connectivity index (χ1v) is 11.1. The van der Waals surface area contributed by atoms with E-state index in [-0.39, 0.29) is 12.4 Å². The Bertz CT molecular complexity index is 872. The van der Waals surface area contributed by atoms with Gasteiger partial charge >= 0.3 is 155 Å². The van der Waals surface area contributed by atoms with Gasteiger partial charge in [-0.1, -0.05) is 0 Å². The first kappa shape index (κ1) is 19.4. The standard InChI is InChI=1S/C23H23N2P.ClH/c1-25-18-17-24-23(25)19-26(20-11-5-2-6-12-20,21-13-7-3-8-14-21)22-15-9-4-10-16-22;/h2-18,26H,19H2,1H3;1H. The van der Waals surface area contributed by atoms with Crippen LogP contribution in [0, 0.1) is 0 Å². The fraction of sp³-hybridized carbons (Fsp3) is 0.0870. The molecule has 2 nitrogen and oxygen atoms in total. The summed E-state index contributed by atoms with van der Waals surface area (Å²) in [5.41, 5.74) is 0. The number of halogens is 1. The summed E-state index contributed by atoms with van der Waals surface area (Å²) in [6.07, 6.45) is 4.87. The zero-order valence-electron chi connectivity index (χ0n) is 15.3. The van der Waals surface area contributed by atoms with Gasteiger partial charge in [-0.25, -0.2) is 0 Å². The third-order valence-corrected chi connectivity index (χ3v) is 9.95. The summed E-state index contributed by atoms with van der Waals surface area (Å²) < 4.78 is 2.15. The number of imidazole rings is 1. The van der Waals surface area contributed by atoms with Gasteiger partial charge in [0.25, 0.3) is 0 Å². The number of aromatic nitrogens is 2. The maximum atomic E-state index is 4.67. The van der Waals surface area contributed by atoms with Gasteiger partial charge in [0.2, 0.25) is 0 Å². The van der Waals surface area contributed by atoms with Gasteiger partial charge in [0.05, 0.1) is 0 Å². The molecule has 0 aliphatic rings. The van der Waals surface area contributed by atoms with Crippen LogP contribution in [0.3, 0.4) is 0 Å². The van der Waals surface area contributed by atoms with E-state index in [4.69, 9.17) is 0 Å². The van der Waals surface area contributed by atoms with Crippen LogP contribution in [-0.4, -0.2) is 9.55 Å². The van der Waals surface area contributed by atoms with Gasteiger partial charge in [-0.3, -0.25) is 0 Å². The molecule has 0 aliphatic heterocycles. The molecule has 0 N–H and O–H groups in total. The Hall–Kier alpha value is -2.41. The molecule has 27 heavy (non-hydrogen) atoms. The van der Waals surface area contributed by atoms with E-state index in [1.54, 1.807) is 0 Å². The SMILES string of the molecule is Cl.Cn1ccnc1C[PH](c1ccccc1)(c1ccccc1)c1ccccc1. The van der Waals surface area contributed by atoms with Crippen molar-refractivity contribution in [1.29, 1.82) is 0 Å². The van der Waals surface area contributed by atoms with Gasteiger partial charge in [0.1, 0.15) is 0 Å². The Morgan fingerprint density at radius 2 is 1.11 bits per heavy atom. The molecule has 3 aromatic carbocycles. The fourth-order valence-electron chi connectivity index (χ4n) is 3.78. The van der Waals surface area contributed by atoms with Crippen molar-refractivity contribution in [1.82, 2.24) is 9.55 Å². The van der Waals surface area contributed by atoms with Crippen molar-refractivity contribution in [2.45, 2.75) is 6.16 Å². The average Bonchev–Trinajstić information content (AvgIpc) is 3.12. The van der Waals surface area contributed by atoms with E-state index in [1.165, 1.54) is 15.9 Å². The summed E-state index contributed by atoms with van der Waals surface area (Å²) in [6, 6.07) is 32.9. The van der Waals surface area contributed by atoms with Crippen LogP contribution < -0.4 is 15.9 Å². The number of aryl methyl sites for hydroxylation is 1. The maximum absolute atomic E-state index is 4.67. The van der Waals surface area contributed by atoms with Crippen molar-refractivity contribution in [3.8, 4) is 0 Å². The van der Waals surface area contributed by atoms with Crippen LogP contribution in [0.5, 0.6) is 0 Å². The van der Waals surface area contributed by atoms with Crippen LogP contribution in [0.4, 0.5) is 0 Å². The molecule has 4 aromatic rings. The molecule has 0 bridgehead atoms. The topological polar surface area (TPSA) is 17.8 Å². The molecule has 0 saturated carbocycles. The summed E-state index contributed by atoms with van der Waals surface area (Å²) in [7, 11) is -0.157. The van der Waals surface area contributed by atoms with E-state index < -0.39 is 7.26 Å². The molecule has 0 atom stereocenters. The Morgan fingerprint density at radius 1 is 0.704 bits per heavy atom. The molecule has 0 unspecified atom stereocenters. The Labute approximate surface area is 167 Å². The Kier molecular flexibility index (Phi) is 6.11. The zero-order chi connectivity index (χ0) is 17.8. The van der Waals surface area contributed by atoms with Gasteiger partial charge in [0.15, 0.2) is 0 Å². The van der Waals surface area contributed by atoms with Gasteiger partial charge in [-0.05, 0) is 0 Å². The van der Waals surface area contributed by atoms with Crippen LogP contribution in [0.1, 0.15) is 5.82 Å². The average molecular weight is 395 g/mol. The molecule has 0 fully saturated rings. The van der Waals surface area contributed by atoms with Gasteiger partial charge in [-0.15, -0.1) is 12.4 Å². The number of hydrogen-bond acceptors (Lipinski definition) is 1. The number of nitrogens with zero attached hydrogens (tertiary/aromatic N) is 2. The van der Waals surface area contributed by atoms with Crippen molar-refractivity contribution in [3.63, 3.8) is 0 Å². The summed E-state index contributed by atoms with van der Waals surface area (Å²) >= 11 is 0. The van der Waals surface area contributed by atoms with Crippen LogP contribution in [0.2, 0.25) is 0 Å². The molecule has 4 heteroatoms. The molecule has 1 heterocycles. The molecule has 0 amide bonds. The fourth-order valence-corrected chi connectivity index (χ4v) is 8.49. The quantitative estimate of drug-likeness (QED) is 0.466. The molecular weight excluding hydrogens is 371 g/mol. The van der Waals surface area contributed by atoms with Crippen molar-refractivity contribution in [2.75, 3.05) is 0 Å².